The van der Waals surface area contributed by atoms with Gasteiger partial charge in [-0.3, -0.25) is 9.78 Å². The number of rotatable bonds is 2. The number of aryl methyl sites for hydroxylation is 1. The van der Waals surface area contributed by atoms with E-state index < -0.39 is 5.91 Å². The van der Waals surface area contributed by atoms with Gasteiger partial charge in [0.25, 0.3) is 5.91 Å². The quantitative estimate of drug-likeness (QED) is 0.861. The molecule has 0 aliphatic rings. The van der Waals surface area contributed by atoms with Gasteiger partial charge in [-0.1, -0.05) is 16.8 Å². The highest BCUT2D eigenvalue weighted by Crippen LogP contribution is 2.11. The van der Waals surface area contributed by atoms with E-state index in [1.807, 2.05) is 0 Å². The highest BCUT2D eigenvalue weighted by molar-refractivity contribution is 6.29. The number of hydrogen-bond donors (Lipinski definition) is 1. The van der Waals surface area contributed by atoms with Gasteiger partial charge < -0.3 is 9.84 Å². The van der Waals surface area contributed by atoms with Crippen molar-refractivity contribution in [2.45, 2.75) is 6.92 Å². The van der Waals surface area contributed by atoms with Crippen molar-refractivity contribution in [3.63, 3.8) is 0 Å². The van der Waals surface area contributed by atoms with Crippen molar-refractivity contribution in [1.82, 2.24) is 15.1 Å². The summed E-state index contributed by atoms with van der Waals surface area (Å²) in [6.45, 7) is 1.72. The standard InChI is InChI=1S/C9H7ClN4O2/c1-5-2-12-16-8(5)9(15)14-7-4-11-3-6(10)13-7/h2-4H,1H3,(H,13,14,15). The molecule has 0 aliphatic carbocycles. The summed E-state index contributed by atoms with van der Waals surface area (Å²) in [7, 11) is 0. The first-order valence-electron chi connectivity index (χ1n) is 4.37. The summed E-state index contributed by atoms with van der Waals surface area (Å²) in [4.78, 5) is 19.3. The summed E-state index contributed by atoms with van der Waals surface area (Å²) in [6.07, 6.45) is 4.21. The first-order chi connectivity index (χ1) is 7.66. The number of amides is 1. The SMILES string of the molecule is Cc1cnoc1C(=O)Nc1cncc(Cl)n1. The minimum absolute atomic E-state index is 0.141. The average Bonchev–Trinajstić information content (AvgIpc) is 2.64. The number of carbonyl (C=O) groups excluding carboxylic acids is 1. The monoisotopic (exact) mass is 238 g/mol. The van der Waals surface area contributed by atoms with Crippen LogP contribution >= 0.6 is 11.6 Å². The van der Waals surface area contributed by atoms with Crippen LogP contribution in [0.5, 0.6) is 0 Å². The zero-order valence-corrected chi connectivity index (χ0v) is 9.02. The first-order valence-corrected chi connectivity index (χ1v) is 4.75. The van der Waals surface area contributed by atoms with Gasteiger partial charge in [0, 0.05) is 5.56 Å². The van der Waals surface area contributed by atoms with E-state index >= 15 is 0 Å². The van der Waals surface area contributed by atoms with Crippen LogP contribution in [0.25, 0.3) is 0 Å². The number of anilines is 1. The van der Waals surface area contributed by atoms with E-state index in [4.69, 9.17) is 16.1 Å². The molecular formula is C9H7ClN4O2. The van der Waals surface area contributed by atoms with Gasteiger partial charge >= 0.3 is 0 Å². The van der Waals surface area contributed by atoms with E-state index in [9.17, 15) is 4.79 Å². The zero-order chi connectivity index (χ0) is 11.5. The molecule has 0 bridgehead atoms. The molecule has 6 nitrogen and oxygen atoms in total. The van der Waals surface area contributed by atoms with Gasteiger partial charge in [-0.25, -0.2) is 4.98 Å². The molecule has 0 saturated carbocycles. The number of nitrogens with zero attached hydrogens (tertiary/aromatic N) is 3. The van der Waals surface area contributed by atoms with E-state index in [0.29, 0.717) is 5.56 Å². The second-order valence-corrected chi connectivity index (χ2v) is 3.41. The van der Waals surface area contributed by atoms with Gasteiger partial charge in [-0.05, 0) is 6.92 Å². The van der Waals surface area contributed by atoms with Crippen molar-refractivity contribution >= 4 is 23.3 Å². The lowest BCUT2D eigenvalue weighted by molar-refractivity contribution is 0.0986. The smallest absolute Gasteiger partial charge is 0.295 e. The predicted molar refractivity (Wildman–Crippen MR) is 56.2 cm³/mol. The van der Waals surface area contributed by atoms with Gasteiger partial charge in [0.15, 0.2) is 5.82 Å². The predicted octanol–water partition coefficient (Wildman–Crippen LogP) is 1.68. The van der Waals surface area contributed by atoms with Gasteiger partial charge in [-0.2, -0.15) is 0 Å². The van der Waals surface area contributed by atoms with Crippen LogP contribution in [0.3, 0.4) is 0 Å². The summed E-state index contributed by atoms with van der Waals surface area (Å²) in [5, 5.41) is 6.20. The molecule has 0 fully saturated rings. The molecule has 0 saturated heterocycles. The third-order valence-corrected chi connectivity index (χ3v) is 1.98. The van der Waals surface area contributed by atoms with Crippen LogP contribution < -0.4 is 5.32 Å². The van der Waals surface area contributed by atoms with Crippen molar-refractivity contribution < 1.29 is 9.32 Å². The number of hydrogen-bond acceptors (Lipinski definition) is 5. The van der Waals surface area contributed by atoms with Crippen LogP contribution in [0, 0.1) is 6.92 Å². The highest BCUT2D eigenvalue weighted by atomic mass is 35.5. The molecule has 0 unspecified atom stereocenters. The molecule has 0 spiro atoms. The Bertz CT molecular complexity index is 526. The fourth-order valence-corrected chi connectivity index (χ4v) is 1.23. The minimum Gasteiger partial charge on any atom is -0.351 e. The first kappa shape index (κ1) is 10.6. The average molecular weight is 239 g/mol. The normalized spacial score (nSPS) is 10.1. The Morgan fingerprint density at radius 1 is 1.44 bits per heavy atom. The number of nitrogens with one attached hydrogen (secondary N) is 1. The summed E-state index contributed by atoms with van der Waals surface area (Å²) >= 11 is 5.62. The molecule has 0 radical (unpaired) electrons. The maximum atomic E-state index is 11.7. The molecule has 82 valence electrons. The number of carbonyl (C=O) groups is 1. The molecule has 0 atom stereocenters. The van der Waals surface area contributed by atoms with E-state index in [1.54, 1.807) is 6.92 Å². The fraction of sp³-hybridized carbons (Fsp3) is 0.111. The molecule has 0 aliphatic heterocycles. The lowest BCUT2D eigenvalue weighted by Crippen LogP contribution is -2.13. The second kappa shape index (κ2) is 4.28. The summed E-state index contributed by atoms with van der Waals surface area (Å²) in [5.74, 6) is -0.0401. The van der Waals surface area contributed by atoms with Crippen LogP contribution in [0.15, 0.2) is 23.1 Å². The Labute approximate surface area is 95.6 Å². The summed E-state index contributed by atoms with van der Waals surface area (Å²) in [6, 6.07) is 0. The van der Waals surface area contributed by atoms with Crippen molar-refractivity contribution in [2.24, 2.45) is 0 Å². The summed E-state index contributed by atoms with van der Waals surface area (Å²) < 4.78 is 4.79. The summed E-state index contributed by atoms with van der Waals surface area (Å²) in [5.41, 5.74) is 0.646. The van der Waals surface area contributed by atoms with Crippen molar-refractivity contribution in [3.8, 4) is 0 Å². The molecule has 0 aromatic carbocycles. The Balaban J connectivity index is 2.17. The van der Waals surface area contributed by atoms with Gasteiger partial charge in [-0.15, -0.1) is 0 Å². The maximum Gasteiger partial charge on any atom is 0.295 e. The van der Waals surface area contributed by atoms with Crippen LogP contribution in [-0.4, -0.2) is 21.0 Å². The molecule has 1 N–H and O–H groups in total. The van der Waals surface area contributed by atoms with E-state index in [0.717, 1.165) is 0 Å². The Morgan fingerprint density at radius 2 is 2.25 bits per heavy atom. The molecule has 7 heteroatoms. The molecule has 2 aromatic rings. The Kier molecular flexibility index (Phi) is 2.82. The largest absolute Gasteiger partial charge is 0.351 e. The second-order valence-electron chi connectivity index (χ2n) is 3.02. The molecular weight excluding hydrogens is 232 g/mol. The molecule has 2 heterocycles. The topological polar surface area (TPSA) is 80.9 Å². The lowest BCUT2D eigenvalue weighted by Gasteiger charge is -2.01. The van der Waals surface area contributed by atoms with Crippen molar-refractivity contribution in [2.75, 3.05) is 5.32 Å². The number of halogens is 1. The maximum absolute atomic E-state index is 11.7. The molecule has 2 aromatic heterocycles. The van der Waals surface area contributed by atoms with Crippen LogP contribution in [0.4, 0.5) is 5.82 Å². The van der Waals surface area contributed by atoms with Crippen LogP contribution in [0.2, 0.25) is 5.15 Å². The fourth-order valence-electron chi connectivity index (χ4n) is 1.08. The number of aromatic nitrogens is 3. The van der Waals surface area contributed by atoms with Crippen LogP contribution in [-0.2, 0) is 0 Å². The zero-order valence-electron chi connectivity index (χ0n) is 8.27. The van der Waals surface area contributed by atoms with Crippen molar-refractivity contribution in [3.05, 3.63) is 35.1 Å². The minimum atomic E-state index is -0.438. The Morgan fingerprint density at radius 3 is 2.88 bits per heavy atom. The Hall–Kier alpha value is -1.95. The third kappa shape index (κ3) is 2.17. The lowest BCUT2D eigenvalue weighted by atomic mass is 10.3. The molecule has 2 rings (SSSR count). The van der Waals surface area contributed by atoms with Gasteiger partial charge in [0.2, 0.25) is 5.76 Å². The van der Waals surface area contributed by atoms with Gasteiger partial charge in [0.05, 0.1) is 18.6 Å². The van der Waals surface area contributed by atoms with E-state index in [-0.39, 0.29) is 16.7 Å². The van der Waals surface area contributed by atoms with Gasteiger partial charge in [0.1, 0.15) is 5.15 Å². The third-order valence-electron chi connectivity index (χ3n) is 1.80. The molecule has 16 heavy (non-hydrogen) atoms. The van der Waals surface area contributed by atoms with Crippen LogP contribution in [0.1, 0.15) is 16.1 Å². The van der Waals surface area contributed by atoms with Crippen molar-refractivity contribution in [1.29, 1.82) is 0 Å². The highest BCUT2D eigenvalue weighted by Gasteiger charge is 2.14. The van der Waals surface area contributed by atoms with E-state index in [1.165, 1.54) is 18.6 Å². The molecule has 1 amide bonds. The van der Waals surface area contributed by atoms with E-state index in [2.05, 4.69) is 20.4 Å².